The van der Waals surface area contributed by atoms with Crippen LogP contribution in [-0.4, -0.2) is 0 Å². The fourth-order valence-electron chi connectivity index (χ4n) is 2.91. The minimum atomic E-state index is -0.802. The molecule has 0 amide bonds. The van der Waals surface area contributed by atoms with Gasteiger partial charge in [-0.05, 0) is 31.9 Å². The Morgan fingerprint density at radius 3 is 3.00 bits per heavy atom. The molecule has 2 atom stereocenters. The van der Waals surface area contributed by atoms with Crippen molar-refractivity contribution in [1.82, 2.24) is 5.32 Å². The summed E-state index contributed by atoms with van der Waals surface area (Å²) < 4.78 is 32.5. The van der Waals surface area contributed by atoms with Crippen molar-refractivity contribution in [3.63, 3.8) is 0 Å². The summed E-state index contributed by atoms with van der Waals surface area (Å²) in [6.07, 6.45) is 4.66. The third-order valence-corrected chi connectivity index (χ3v) is 3.95. The third-order valence-electron chi connectivity index (χ3n) is 3.95. The zero-order valence-corrected chi connectivity index (χ0v) is 11.3. The standard InChI is InChI=1S/C16H17F2NO/c1-10(11-4-2-5-13(17)16(11)18)19-14-6-3-7-15-12(14)8-9-20-15/h2,4-5,8-10,14,19H,3,6-7H2,1H3. The molecular weight excluding hydrogens is 260 g/mol. The van der Waals surface area contributed by atoms with Crippen molar-refractivity contribution in [3.8, 4) is 0 Å². The Balaban J connectivity index is 1.81. The van der Waals surface area contributed by atoms with E-state index in [1.165, 1.54) is 6.07 Å². The maximum Gasteiger partial charge on any atom is 0.163 e. The molecule has 0 aliphatic heterocycles. The van der Waals surface area contributed by atoms with E-state index in [-0.39, 0.29) is 12.1 Å². The van der Waals surface area contributed by atoms with E-state index in [0.717, 1.165) is 36.7 Å². The molecule has 20 heavy (non-hydrogen) atoms. The van der Waals surface area contributed by atoms with Gasteiger partial charge < -0.3 is 9.73 Å². The number of rotatable bonds is 3. The first-order chi connectivity index (χ1) is 9.66. The summed E-state index contributed by atoms with van der Waals surface area (Å²) in [5.74, 6) is -0.569. The van der Waals surface area contributed by atoms with Crippen molar-refractivity contribution in [1.29, 1.82) is 0 Å². The molecule has 2 unspecified atom stereocenters. The van der Waals surface area contributed by atoms with E-state index >= 15 is 0 Å². The van der Waals surface area contributed by atoms with Crippen LogP contribution in [0.4, 0.5) is 8.78 Å². The number of benzene rings is 1. The zero-order valence-electron chi connectivity index (χ0n) is 11.3. The molecule has 0 spiro atoms. The van der Waals surface area contributed by atoms with E-state index in [0.29, 0.717) is 5.56 Å². The molecule has 3 rings (SSSR count). The Kier molecular flexibility index (Phi) is 3.57. The number of aryl methyl sites for hydroxylation is 1. The topological polar surface area (TPSA) is 25.2 Å². The first kappa shape index (κ1) is 13.3. The van der Waals surface area contributed by atoms with Crippen LogP contribution in [-0.2, 0) is 6.42 Å². The molecule has 0 saturated heterocycles. The van der Waals surface area contributed by atoms with E-state index in [9.17, 15) is 8.78 Å². The number of nitrogens with one attached hydrogen (secondary N) is 1. The maximum absolute atomic E-state index is 13.8. The van der Waals surface area contributed by atoms with Crippen LogP contribution in [0.1, 0.15) is 48.7 Å². The van der Waals surface area contributed by atoms with Gasteiger partial charge >= 0.3 is 0 Å². The van der Waals surface area contributed by atoms with E-state index in [1.54, 1.807) is 12.3 Å². The fraction of sp³-hybridized carbons (Fsp3) is 0.375. The van der Waals surface area contributed by atoms with E-state index in [4.69, 9.17) is 4.42 Å². The predicted molar refractivity (Wildman–Crippen MR) is 72.3 cm³/mol. The second kappa shape index (κ2) is 5.37. The fourth-order valence-corrected chi connectivity index (χ4v) is 2.91. The normalized spacial score (nSPS) is 19.6. The average Bonchev–Trinajstić information content (AvgIpc) is 2.91. The summed E-state index contributed by atoms with van der Waals surface area (Å²) in [7, 11) is 0. The van der Waals surface area contributed by atoms with Gasteiger partial charge in [0.25, 0.3) is 0 Å². The Morgan fingerprint density at radius 1 is 1.30 bits per heavy atom. The third kappa shape index (κ3) is 2.36. The molecule has 1 aliphatic carbocycles. The molecule has 4 heteroatoms. The highest BCUT2D eigenvalue weighted by atomic mass is 19.2. The first-order valence-electron chi connectivity index (χ1n) is 6.93. The van der Waals surface area contributed by atoms with Crippen LogP contribution < -0.4 is 5.32 Å². The van der Waals surface area contributed by atoms with Gasteiger partial charge in [-0.1, -0.05) is 12.1 Å². The van der Waals surface area contributed by atoms with Crippen molar-refractivity contribution >= 4 is 0 Å². The molecule has 1 heterocycles. The number of hydrogen-bond donors (Lipinski definition) is 1. The van der Waals surface area contributed by atoms with Crippen molar-refractivity contribution in [2.45, 2.75) is 38.3 Å². The van der Waals surface area contributed by atoms with Crippen LogP contribution in [0.2, 0.25) is 0 Å². The Labute approximate surface area is 116 Å². The zero-order chi connectivity index (χ0) is 14.1. The van der Waals surface area contributed by atoms with Gasteiger partial charge in [0.2, 0.25) is 0 Å². The van der Waals surface area contributed by atoms with Gasteiger partial charge in [0, 0.05) is 29.6 Å². The van der Waals surface area contributed by atoms with Crippen LogP contribution in [0.3, 0.4) is 0 Å². The summed E-state index contributed by atoms with van der Waals surface area (Å²) in [4.78, 5) is 0. The van der Waals surface area contributed by atoms with Gasteiger partial charge in [0.05, 0.1) is 6.26 Å². The van der Waals surface area contributed by atoms with E-state index in [1.807, 2.05) is 13.0 Å². The Hall–Kier alpha value is -1.68. The summed E-state index contributed by atoms with van der Waals surface area (Å²) >= 11 is 0. The van der Waals surface area contributed by atoms with Gasteiger partial charge in [0.1, 0.15) is 5.76 Å². The summed E-state index contributed by atoms with van der Waals surface area (Å²) in [6.45, 7) is 1.85. The van der Waals surface area contributed by atoms with Crippen molar-refractivity contribution in [2.24, 2.45) is 0 Å². The molecule has 0 radical (unpaired) electrons. The minimum Gasteiger partial charge on any atom is -0.469 e. The first-order valence-corrected chi connectivity index (χ1v) is 6.93. The lowest BCUT2D eigenvalue weighted by Crippen LogP contribution is -2.27. The molecule has 1 aromatic heterocycles. The van der Waals surface area contributed by atoms with Crippen molar-refractivity contribution < 1.29 is 13.2 Å². The van der Waals surface area contributed by atoms with Crippen molar-refractivity contribution in [3.05, 3.63) is 59.1 Å². The molecule has 1 aliphatic rings. The van der Waals surface area contributed by atoms with Crippen LogP contribution in [0.15, 0.2) is 34.9 Å². The summed E-state index contributed by atoms with van der Waals surface area (Å²) in [5.41, 5.74) is 1.50. The maximum atomic E-state index is 13.8. The van der Waals surface area contributed by atoms with Crippen LogP contribution in [0.5, 0.6) is 0 Å². The van der Waals surface area contributed by atoms with Crippen molar-refractivity contribution in [2.75, 3.05) is 0 Å². The van der Waals surface area contributed by atoms with Crippen LogP contribution in [0, 0.1) is 11.6 Å². The highest BCUT2D eigenvalue weighted by Gasteiger charge is 2.25. The highest BCUT2D eigenvalue weighted by molar-refractivity contribution is 5.26. The van der Waals surface area contributed by atoms with Crippen LogP contribution >= 0.6 is 0 Å². The molecule has 0 fully saturated rings. The Bertz CT molecular complexity index is 608. The number of fused-ring (bicyclic) bond motifs is 1. The number of furan rings is 1. The monoisotopic (exact) mass is 277 g/mol. The van der Waals surface area contributed by atoms with Crippen LogP contribution in [0.25, 0.3) is 0 Å². The van der Waals surface area contributed by atoms with E-state index < -0.39 is 11.6 Å². The second-order valence-electron chi connectivity index (χ2n) is 5.28. The molecular formula is C16H17F2NO. The predicted octanol–water partition coefficient (Wildman–Crippen LogP) is 4.29. The van der Waals surface area contributed by atoms with Gasteiger partial charge in [0.15, 0.2) is 11.6 Å². The minimum absolute atomic E-state index is 0.134. The lowest BCUT2D eigenvalue weighted by molar-refractivity contribution is 0.377. The largest absolute Gasteiger partial charge is 0.469 e. The average molecular weight is 277 g/mol. The SMILES string of the molecule is CC(NC1CCCc2occc21)c1cccc(F)c1F. The smallest absolute Gasteiger partial charge is 0.163 e. The van der Waals surface area contributed by atoms with E-state index in [2.05, 4.69) is 5.32 Å². The molecule has 106 valence electrons. The summed E-state index contributed by atoms with van der Waals surface area (Å²) in [5, 5.41) is 3.38. The van der Waals surface area contributed by atoms with Gasteiger partial charge in [-0.2, -0.15) is 0 Å². The number of hydrogen-bond acceptors (Lipinski definition) is 2. The summed E-state index contributed by atoms with van der Waals surface area (Å²) in [6, 6.07) is 6.14. The van der Waals surface area contributed by atoms with Gasteiger partial charge in [-0.25, -0.2) is 8.78 Å². The quantitative estimate of drug-likeness (QED) is 0.905. The second-order valence-corrected chi connectivity index (χ2v) is 5.28. The lowest BCUT2D eigenvalue weighted by atomic mass is 9.92. The molecule has 0 bridgehead atoms. The molecule has 1 N–H and O–H groups in total. The molecule has 0 saturated carbocycles. The number of halogens is 2. The Morgan fingerprint density at radius 2 is 2.15 bits per heavy atom. The van der Waals surface area contributed by atoms with Gasteiger partial charge in [-0.3, -0.25) is 0 Å². The highest BCUT2D eigenvalue weighted by Crippen LogP contribution is 2.32. The lowest BCUT2D eigenvalue weighted by Gasteiger charge is -2.27. The molecule has 2 nitrogen and oxygen atoms in total. The van der Waals surface area contributed by atoms with Gasteiger partial charge in [-0.15, -0.1) is 0 Å². The molecule has 2 aromatic rings. The molecule has 1 aromatic carbocycles.